The summed E-state index contributed by atoms with van der Waals surface area (Å²) in [5, 5.41) is 0. The van der Waals surface area contributed by atoms with E-state index in [0.29, 0.717) is 0 Å². The molecule has 0 bridgehead atoms. The highest BCUT2D eigenvalue weighted by Gasteiger charge is 2.03. The third-order valence-electron chi connectivity index (χ3n) is 0.896. The Labute approximate surface area is 58.2 Å². The maximum atomic E-state index is 4.32. The lowest BCUT2D eigenvalue weighted by atomic mass is 10.1. The van der Waals surface area contributed by atoms with Crippen LogP contribution in [0.25, 0.3) is 0 Å². The van der Waals surface area contributed by atoms with Gasteiger partial charge >= 0.3 is 0 Å². The zero-order valence-corrected chi connectivity index (χ0v) is 6.94. The monoisotopic (exact) mass is 127 g/mol. The molecule has 0 rings (SSSR count). The number of hydrogen-bond acceptors (Lipinski definition) is 1. The Morgan fingerprint density at radius 1 is 1.33 bits per heavy atom. The molecule has 0 unspecified atom stereocenters. The number of unbranched alkanes of at least 4 members (excludes halogenated alkanes) is 1. The van der Waals surface area contributed by atoms with Gasteiger partial charge in [0.1, 0.15) is 0 Å². The quantitative estimate of drug-likeness (QED) is 0.506. The molecular weight excluding hydrogens is 110 g/mol. The van der Waals surface area contributed by atoms with E-state index in [1.807, 2.05) is 6.21 Å². The van der Waals surface area contributed by atoms with Crippen LogP contribution in [-0.4, -0.2) is 11.8 Å². The summed E-state index contributed by atoms with van der Waals surface area (Å²) in [6, 6.07) is 0. The number of aliphatic imine (C=N–C) groups is 1. The van der Waals surface area contributed by atoms with Crippen LogP contribution in [0.4, 0.5) is 0 Å². The van der Waals surface area contributed by atoms with Crippen molar-refractivity contribution in [3.8, 4) is 0 Å². The first-order valence-corrected chi connectivity index (χ1v) is 3.60. The van der Waals surface area contributed by atoms with Crippen molar-refractivity contribution in [3.05, 3.63) is 0 Å². The van der Waals surface area contributed by atoms with Crippen LogP contribution in [0.5, 0.6) is 0 Å². The van der Waals surface area contributed by atoms with Crippen LogP contribution in [-0.2, 0) is 0 Å². The molecule has 9 heavy (non-hydrogen) atoms. The molecule has 0 saturated carbocycles. The Hall–Kier alpha value is -0.330. The van der Waals surface area contributed by atoms with Gasteiger partial charge in [-0.25, -0.2) is 0 Å². The van der Waals surface area contributed by atoms with E-state index in [1.54, 1.807) is 0 Å². The predicted octanol–water partition coefficient (Wildman–Crippen LogP) is 2.66. The van der Waals surface area contributed by atoms with E-state index in [9.17, 15) is 0 Å². The van der Waals surface area contributed by atoms with Gasteiger partial charge in [-0.15, -0.1) is 0 Å². The summed E-state index contributed by atoms with van der Waals surface area (Å²) >= 11 is 0. The van der Waals surface area contributed by atoms with E-state index in [2.05, 4.69) is 32.7 Å². The van der Waals surface area contributed by atoms with Crippen LogP contribution in [0.15, 0.2) is 4.99 Å². The molecule has 0 heterocycles. The molecule has 0 aromatic heterocycles. The van der Waals surface area contributed by atoms with Crippen LogP contribution in [0.2, 0.25) is 0 Å². The zero-order valence-electron chi connectivity index (χ0n) is 6.94. The van der Waals surface area contributed by atoms with Crippen molar-refractivity contribution in [1.29, 1.82) is 0 Å². The van der Waals surface area contributed by atoms with Crippen LogP contribution >= 0.6 is 0 Å². The minimum absolute atomic E-state index is 0.120. The van der Waals surface area contributed by atoms with Crippen molar-refractivity contribution in [3.63, 3.8) is 0 Å². The largest absolute Gasteiger partial charge is 0.292 e. The first-order valence-electron chi connectivity index (χ1n) is 3.60. The summed E-state index contributed by atoms with van der Waals surface area (Å²) in [5.41, 5.74) is 0.120. The fourth-order valence-electron chi connectivity index (χ4n) is 0.468. The third kappa shape index (κ3) is 7.67. The Bertz CT molecular complexity index is 87.2. The summed E-state index contributed by atoms with van der Waals surface area (Å²) in [5.74, 6) is 0. The molecule has 0 amide bonds. The molecule has 0 saturated heterocycles. The van der Waals surface area contributed by atoms with Crippen molar-refractivity contribution < 1.29 is 0 Å². The molecule has 1 heteroatoms. The summed E-state index contributed by atoms with van der Waals surface area (Å²) in [4.78, 5) is 4.32. The Kier molecular flexibility index (Phi) is 3.52. The van der Waals surface area contributed by atoms with Crippen molar-refractivity contribution in [1.82, 2.24) is 0 Å². The molecule has 54 valence electrons. The summed E-state index contributed by atoms with van der Waals surface area (Å²) in [7, 11) is 0. The van der Waals surface area contributed by atoms with E-state index in [0.717, 1.165) is 6.42 Å². The maximum absolute atomic E-state index is 4.32. The standard InChI is InChI=1S/C8H17N/c1-5-6-7-9-8(2,3)4/h7H,5-6H2,1-4H3/b9-7-. The van der Waals surface area contributed by atoms with Gasteiger partial charge in [0.05, 0.1) is 5.54 Å². The van der Waals surface area contributed by atoms with Crippen LogP contribution in [0, 0.1) is 0 Å². The Balaban J connectivity index is 3.45. The Morgan fingerprint density at radius 2 is 1.89 bits per heavy atom. The van der Waals surface area contributed by atoms with Gasteiger partial charge in [0.25, 0.3) is 0 Å². The molecule has 0 N–H and O–H groups in total. The van der Waals surface area contributed by atoms with E-state index >= 15 is 0 Å². The summed E-state index contributed by atoms with van der Waals surface area (Å²) < 4.78 is 0. The average Bonchev–Trinajstić information content (AvgIpc) is 1.63. The molecule has 0 spiro atoms. The second kappa shape index (κ2) is 3.65. The van der Waals surface area contributed by atoms with Gasteiger partial charge in [0, 0.05) is 0 Å². The van der Waals surface area contributed by atoms with Gasteiger partial charge < -0.3 is 0 Å². The van der Waals surface area contributed by atoms with E-state index in [1.165, 1.54) is 6.42 Å². The van der Waals surface area contributed by atoms with Crippen molar-refractivity contribution in [2.24, 2.45) is 4.99 Å². The Morgan fingerprint density at radius 3 is 2.22 bits per heavy atom. The van der Waals surface area contributed by atoms with Crippen LogP contribution < -0.4 is 0 Å². The molecule has 0 aromatic carbocycles. The topological polar surface area (TPSA) is 12.4 Å². The highest BCUT2D eigenvalue weighted by atomic mass is 14.8. The number of hydrogen-bond donors (Lipinski definition) is 0. The zero-order chi connectivity index (χ0) is 7.33. The molecule has 0 radical (unpaired) electrons. The first-order chi connectivity index (χ1) is 4.06. The normalized spacial score (nSPS) is 12.9. The summed E-state index contributed by atoms with van der Waals surface area (Å²) in [6.45, 7) is 8.49. The molecule has 0 aliphatic rings. The van der Waals surface area contributed by atoms with E-state index < -0.39 is 0 Å². The molecular formula is C8H17N. The molecule has 0 aliphatic carbocycles. The molecule has 0 atom stereocenters. The lowest BCUT2D eigenvalue weighted by Crippen LogP contribution is -2.09. The van der Waals surface area contributed by atoms with Gasteiger partial charge in [-0.3, -0.25) is 4.99 Å². The molecule has 0 aliphatic heterocycles. The SMILES string of the molecule is CCC/C=N\C(C)(C)C. The predicted molar refractivity (Wildman–Crippen MR) is 43.2 cm³/mol. The van der Waals surface area contributed by atoms with Gasteiger partial charge in [0.2, 0.25) is 0 Å². The molecule has 0 aromatic rings. The highest BCUT2D eigenvalue weighted by Crippen LogP contribution is 2.04. The lowest BCUT2D eigenvalue weighted by Gasteiger charge is -2.10. The highest BCUT2D eigenvalue weighted by molar-refractivity contribution is 5.57. The number of rotatable bonds is 2. The fourth-order valence-corrected chi connectivity index (χ4v) is 0.468. The summed E-state index contributed by atoms with van der Waals surface area (Å²) in [6.07, 6.45) is 4.32. The second-order valence-electron chi connectivity index (χ2n) is 3.27. The fraction of sp³-hybridized carbons (Fsp3) is 0.875. The number of nitrogens with zero attached hydrogens (tertiary/aromatic N) is 1. The van der Waals surface area contributed by atoms with Crippen molar-refractivity contribution in [2.75, 3.05) is 0 Å². The molecule has 0 fully saturated rings. The van der Waals surface area contributed by atoms with Gasteiger partial charge in [-0.2, -0.15) is 0 Å². The van der Waals surface area contributed by atoms with Crippen LogP contribution in [0.3, 0.4) is 0 Å². The van der Waals surface area contributed by atoms with Gasteiger partial charge in [-0.1, -0.05) is 13.3 Å². The van der Waals surface area contributed by atoms with Gasteiger partial charge in [-0.05, 0) is 33.4 Å². The molecule has 1 nitrogen and oxygen atoms in total. The average molecular weight is 127 g/mol. The maximum Gasteiger partial charge on any atom is 0.0520 e. The van der Waals surface area contributed by atoms with E-state index in [4.69, 9.17) is 0 Å². The van der Waals surface area contributed by atoms with Crippen molar-refractivity contribution >= 4 is 6.21 Å². The van der Waals surface area contributed by atoms with E-state index in [-0.39, 0.29) is 5.54 Å². The lowest BCUT2D eigenvalue weighted by molar-refractivity contribution is 0.584. The van der Waals surface area contributed by atoms with Gasteiger partial charge in [0.15, 0.2) is 0 Å². The smallest absolute Gasteiger partial charge is 0.0520 e. The second-order valence-corrected chi connectivity index (χ2v) is 3.27. The third-order valence-corrected chi connectivity index (χ3v) is 0.896. The minimum Gasteiger partial charge on any atom is -0.292 e. The van der Waals surface area contributed by atoms with Crippen LogP contribution in [0.1, 0.15) is 40.5 Å². The minimum atomic E-state index is 0.120. The van der Waals surface area contributed by atoms with Crippen molar-refractivity contribution in [2.45, 2.75) is 46.1 Å². The first kappa shape index (κ1) is 8.67.